The molecule has 1 fully saturated rings. The zero-order valence-electron chi connectivity index (χ0n) is 14.0. The van der Waals surface area contributed by atoms with Crippen molar-refractivity contribution in [2.24, 2.45) is 0 Å². The van der Waals surface area contributed by atoms with Gasteiger partial charge in [0.1, 0.15) is 5.82 Å². The van der Waals surface area contributed by atoms with Crippen LogP contribution in [0.4, 0.5) is 15.8 Å². The van der Waals surface area contributed by atoms with E-state index < -0.39 is 0 Å². The van der Waals surface area contributed by atoms with E-state index in [1.165, 1.54) is 12.1 Å². The summed E-state index contributed by atoms with van der Waals surface area (Å²) in [5.41, 5.74) is 1.52. The van der Waals surface area contributed by atoms with E-state index in [0.29, 0.717) is 5.69 Å². The second-order valence-electron chi connectivity index (χ2n) is 6.01. The highest BCUT2D eigenvalue weighted by Gasteiger charge is 2.26. The number of nitrogens with one attached hydrogen (secondary N) is 1. The molecule has 1 saturated heterocycles. The van der Waals surface area contributed by atoms with Crippen molar-refractivity contribution in [3.05, 3.63) is 53.6 Å². The van der Waals surface area contributed by atoms with Crippen molar-refractivity contribution in [1.29, 1.82) is 0 Å². The predicted octanol–water partition coefficient (Wildman–Crippen LogP) is 3.02. The molecule has 1 aromatic carbocycles. The molecule has 2 heterocycles. The maximum Gasteiger partial charge on any atom is 0.241 e. The van der Waals surface area contributed by atoms with Gasteiger partial charge in [-0.05, 0) is 43.3 Å². The first kappa shape index (κ1) is 17.6. The molecule has 25 heavy (non-hydrogen) atoms. The molecule has 3 rings (SSSR count). The Morgan fingerprint density at radius 1 is 1.20 bits per heavy atom. The normalized spacial score (nSPS) is 16.5. The summed E-state index contributed by atoms with van der Waals surface area (Å²) in [7, 11) is 0. The lowest BCUT2D eigenvalue weighted by Crippen LogP contribution is -2.52. The van der Waals surface area contributed by atoms with E-state index in [2.05, 4.69) is 20.1 Å². The maximum atomic E-state index is 13.0. The average molecular weight is 363 g/mol. The van der Waals surface area contributed by atoms with Crippen LogP contribution < -0.4 is 10.2 Å². The highest BCUT2D eigenvalue weighted by molar-refractivity contribution is 6.32. The first-order valence-corrected chi connectivity index (χ1v) is 8.58. The molecule has 1 N–H and O–H groups in total. The van der Waals surface area contributed by atoms with Gasteiger partial charge in [0.2, 0.25) is 5.91 Å². The molecular weight excluding hydrogens is 343 g/mol. The van der Waals surface area contributed by atoms with Crippen LogP contribution in [0.2, 0.25) is 5.15 Å². The molecule has 0 unspecified atom stereocenters. The fourth-order valence-corrected chi connectivity index (χ4v) is 3.07. The Labute approximate surface area is 151 Å². The van der Waals surface area contributed by atoms with Gasteiger partial charge in [-0.2, -0.15) is 0 Å². The second kappa shape index (κ2) is 7.80. The summed E-state index contributed by atoms with van der Waals surface area (Å²) in [5, 5.41) is 3.11. The van der Waals surface area contributed by atoms with Gasteiger partial charge in [0.05, 0.1) is 11.7 Å². The van der Waals surface area contributed by atoms with Gasteiger partial charge in [0.15, 0.2) is 5.15 Å². The molecule has 0 radical (unpaired) electrons. The Kier molecular flexibility index (Phi) is 5.50. The van der Waals surface area contributed by atoms with Crippen molar-refractivity contribution in [2.45, 2.75) is 13.0 Å². The van der Waals surface area contributed by atoms with Gasteiger partial charge in [-0.25, -0.2) is 9.37 Å². The number of aromatic nitrogens is 1. The number of anilines is 2. The number of piperazine rings is 1. The van der Waals surface area contributed by atoms with Gasteiger partial charge in [-0.3, -0.25) is 9.69 Å². The number of nitrogens with zero attached hydrogens (tertiary/aromatic N) is 3. The number of halogens is 2. The summed E-state index contributed by atoms with van der Waals surface area (Å²) >= 11 is 5.98. The molecule has 5 nitrogen and oxygen atoms in total. The molecule has 0 bridgehead atoms. The minimum Gasteiger partial charge on any atom is -0.369 e. The van der Waals surface area contributed by atoms with E-state index >= 15 is 0 Å². The monoisotopic (exact) mass is 362 g/mol. The van der Waals surface area contributed by atoms with Crippen molar-refractivity contribution in [2.75, 3.05) is 36.4 Å². The zero-order valence-corrected chi connectivity index (χ0v) is 14.7. The minimum atomic E-state index is -0.272. The number of benzene rings is 1. The van der Waals surface area contributed by atoms with Crippen molar-refractivity contribution >= 4 is 28.9 Å². The summed E-state index contributed by atoms with van der Waals surface area (Å²) < 4.78 is 13.0. The van der Waals surface area contributed by atoms with E-state index in [9.17, 15) is 9.18 Å². The lowest BCUT2D eigenvalue weighted by Gasteiger charge is -2.38. The summed E-state index contributed by atoms with van der Waals surface area (Å²) in [6.07, 6.45) is 1.58. The summed E-state index contributed by atoms with van der Waals surface area (Å²) in [5.74, 6) is -0.341. The number of pyridine rings is 1. The molecule has 1 aliphatic rings. The number of carbonyl (C=O) groups excluding carboxylic acids is 1. The smallest absolute Gasteiger partial charge is 0.241 e. The Morgan fingerprint density at radius 2 is 1.88 bits per heavy atom. The van der Waals surface area contributed by atoms with Crippen LogP contribution in [0.15, 0.2) is 42.6 Å². The molecule has 0 spiro atoms. The molecule has 1 atom stereocenters. The zero-order chi connectivity index (χ0) is 17.8. The van der Waals surface area contributed by atoms with Crippen molar-refractivity contribution in [3.8, 4) is 0 Å². The third-order valence-corrected chi connectivity index (χ3v) is 4.75. The lowest BCUT2D eigenvalue weighted by atomic mass is 10.2. The van der Waals surface area contributed by atoms with Crippen LogP contribution in [0.25, 0.3) is 0 Å². The number of carbonyl (C=O) groups is 1. The lowest BCUT2D eigenvalue weighted by molar-refractivity contribution is -0.120. The molecular formula is C18H20ClFN4O. The molecule has 1 aliphatic heterocycles. The van der Waals surface area contributed by atoms with Crippen molar-refractivity contribution in [3.63, 3.8) is 0 Å². The van der Waals surface area contributed by atoms with Crippen LogP contribution in [0, 0.1) is 5.82 Å². The first-order chi connectivity index (χ1) is 12.0. The Hall–Kier alpha value is -2.18. The van der Waals surface area contributed by atoms with Gasteiger partial charge in [0.25, 0.3) is 0 Å². The summed E-state index contributed by atoms with van der Waals surface area (Å²) in [4.78, 5) is 20.7. The van der Waals surface area contributed by atoms with E-state index in [4.69, 9.17) is 11.6 Å². The number of amides is 1. The highest BCUT2D eigenvalue weighted by Crippen LogP contribution is 2.20. The second-order valence-corrected chi connectivity index (χ2v) is 6.36. The van der Waals surface area contributed by atoms with Gasteiger partial charge in [-0.1, -0.05) is 11.6 Å². The van der Waals surface area contributed by atoms with Gasteiger partial charge >= 0.3 is 0 Å². The van der Waals surface area contributed by atoms with Crippen molar-refractivity contribution < 1.29 is 9.18 Å². The minimum absolute atomic E-state index is 0.106. The number of hydrogen-bond donors (Lipinski definition) is 1. The van der Waals surface area contributed by atoms with Crippen LogP contribution >= 0.6 is 11.6 Å². The summed E-state index contributed by atoms with van der Waals surface area (Å²) in [6.45, 7) is 4.97. The molecule has 132 valence electrons. The van der Waals surface area contributed by atoms with Gasteiger partial charge in [0, 0.05) is 38.1 Å². The first-order valence-electron chi connectivity index (χ1n) is 8.20. The third-order valence-electron chi connectivity index (χ3n) is 4.45. The highest BCUT2D eigenvalue weighted by atomic mass is 35.5. The van der Waals surface area contributed by atoms with Crippen LogP contribution in [0.5, 0.6) is 0 Å². The Bertz CT molecular complexity index is 732. The molecule has 0 saturated carbocycles. The van der Waals surface area contributed by atoms with Crippen LogP contribution in [0.3, 0.4) is 0 Å². The molecule has 2 aromatic rings. The summed E-state index contributed by atoms with van der Waals surface area (Å²) in [6, 6.07) is 9.69. The quantitative estimate of drug-likeness (QED) is 0.849. The largest absolute Gasteiger partial charge is 0.369 e. The Balaban J connectivity index is 1.56. The molecule has 7 heteroatoms. The maximum absolute atomic E-state index is 13.0. The Morgan fingerprint density at radius 3 is 2.52 bits per heavy atom. The van der Waals surface area contributed by atoms with Crippen molar-refractivity contribution in [1.82, 2.24) is 9.88 Å². The third kappa shape index (κ3) is 4.27. The molecule has 1 aromatic heterocycles. The predicted molar refractivity (Wildman–Crippen MR) is 97.5 cm³/mol. The fraction of sp³-hybridized carbons (Fsp3) is 0.333. The molecule has 0 aliphatic carbocycles. The standard InChI is InChI=1S/C18H20ClFN4O/c1-13(18(25)22-16-3-2-8-21-17(16)19)23-9-11-24(12-10-23)15-6-4-14(20)5-7-15/h2-8,13H,9-12H2,1H3,(H,22,25)/t13-/m1/s1. The topological polar surface area (TPSA) is 48.5 Å². The van der Waals surface area contributed by atoms with Crippen LogP contribution in [0.1, 0.15) is 6.92 Å². The number of rotatable bonds is 4. The molecule has 1 amide bonds. The van der Waals surface area contributed by atoms with E-state index in [1.54, 1.807) is 30.5 Å². The number of hydrogen-bond acceptors (Lipinski definition) is 4. The fourth-order valence-electron chi connectivity index (χ4n) is 2.90. The van der Waals surface area contributed by atoms with Crippen LogP contribution in [-0.2, 0) is 4.79 Å². The average Bonchev–Trinajstić information content (AvgIpc) is 2.64. The van der Waals surface area contributed by atoms with E-state index in [1.807, 2.05) is 6.92 Å². The van der Waals surface area contributed by atoms with E-state index in [0.717, 1.165) is 31.9 Å². The van der Waals surface area contributed by atoms with Gasteiger partial charge in [-0.15, -0.1) is 0 Å². The SMILES string of the molecule is C[C@H](C(=O)Nc1cccnc1Cl)N1CCN(c2ccc(F)cc2)CC1. The van der Waals surface area contributed by atoms with Crippen LogP contribution in [-0.4, -0.2) is 48.0 Å². The van der Waals surface area contributed by atoms with E-state index in [-0.39, 0.29) is 22.9 Å². The van der Waals surface area contributed by atoms with Gasteiger partial charge < -0.3 is 10.2 Å².